The molecule has 0 amide bonds. The maximum atomic E-state index is 14.0. The molecule has 2 rings (SSSR count). The number of halogens is 1. The summed E-state index contributed by atoms with van der Waals surface area (Å²) in [7, 11) is 0. The Morgan fingerprint density at radius 2 is 1.75 bits per heavy atom. The first-order valence-electron chi connectivity index (χ1n) is 6.24. The van der Waals surface area contributed by atoms with Crippen LogP contribution in [-0.2, 0) is 0 Å². The van der Waals surface area contributed by atoms with Crippen LogP contribution < -0.4 is 10.5 Å². The molecule has 0 aliphatic heterocycles. The number of hydrogen-bond donors (Lipinski definition) is 1. The SMILES string of the molecule is Cc1ccc(C)c(Oc2ccc(C(N)=S)cc2F)c1C. The second kappa shape index (κ2) is 5.59. The summed E-state index contributed by atoms with van der Waals surface area (Å²) in [4.78, 5) is 0.165. The zero-order chi connectivity index (χ0) is 14.9. The quantitative estimate of drug-likeness (QED) is 0.861. The predicted molar refractivity (Wildman–Crippen MR) is 83.0 cm³/mol. The molecular formula is C16H16FNOS. The minimum absolute atomic E-state index is 0.165. The average molecular weight is 289 g/mol. The van der Waals surface area contributed by atoms with Crippen LogP contribution in [0.5, 0.6) is 11.5 Å². The molecule has 0 radical (unpaired) electrons. The predicted octanol–water partition coefficient (Wildman–Crippen LogP) is 4.18. The van der Waals surface area contributed by atoms with Crippen LogP contribution in [0.4, 0.5) is 4.39 Å². The van der Waals surface area contributed by atoms with Gasteiger partial charge in [-0.2, -0.15) is 0 Å². The normalized spacial score (nSPS) is 10.4. The van der Waals surface area contributed by atoms with Crippen molar-refractivity contribution in [3.63, 3.8) is 0 Å². The van der Waals surface area contributed by atoms with Gasteiger partial charge in [0.05, 0.1) is 0 Å². The Bertz CT molecular complexity index is 682. The van der Waals surface area contributed by atoms with Gasteiger partial charge in [0.25, 0.3) is 0 Å². The smallest absolute Gasteiger partial charge is 0.166 e. The fraction of sp³-hybridized carbons (Fsp3) is 0.188. The van der Waals surface area contributed by atoms with Gasteiger partial charge in [-0.05, 0) is 55.7 Å². The summed E-state index contributed by atoms with van der Waals surface area (Å²) in [6.07, 6.45) is 0. The van der Waals surface area contributed by atoms with Crippen LogP contribution in [0.25, 0.3) is 0 Å². The lowest BCUT2D eigenvalue weighted by Gasteiger charge is -2.14. The number of hydrogen-bond acceptors (Lipinski definition) is 2. The molecule has 0 aliphatic carbocycles. The Labute approximate surface area is 123 Å². The van der Waals surface area contributed by atoms with E-state index in [2.05, 4.69) is 0 Å². The molecular weight excluding hydrogens is 273 g/mol. The summed E-state index contributed by atoms with van der Waals surface area (Å²) >= 11 is 4.82. The monoisotopic (exact) mass is 289 g/mol. The standard InChI is InChI=1S/C16H16FNOS/c1-9-4-5-10(2)15(11(9)3)19-14-7-6-12(16(18)20)8-13(14)17/h4-8H,1-3H3,(H2,18,20). The van der Waals surface area contributed by atoms with E-state index in [4.69, 9.17) is 22.7 Å². The molecule has 2 N–H and O–H groups in total. The Balaban J connectivity index is 2.41. The van der Waals surface area contributed by atoms with Crippen molar-refractivity contribution in [1.29, 1.82) is 0 Å². The van der Waals surface area contributed by atoms with Gasteiger partial charge < -0.3 is 10.5 Å². The van der Waals surface area contributed by atoms with Crippen molar-refractivity contribution >= 4 is 17.2 Å². The molecule has 0 atom stereocenters. The van der Waals surface area contributed by atoms with Crippen molar-refractivity contribution in [1.82, 2.24) is 0 Å². The first-order valence-corrected chi connectivity index (χ1v) is 6.65. The fourth-order valence-electron chi connectivity index (χ4n) is 1.93. The number of nitrogens with two attached hydrogens (primary N) is 1. The molecule has 0 aromatic heterocycles. The molecule has 0 saturated heterocycles. The molecule has 0 aliphatic rings. The van der Waals surface area contributed by atoms with Crippen molar-refractivity contribution in [2.24, 2.45) is 5.73 Å². The van der Waals surface area contributed by atoms with Gasteiger partial charge >= 0.3 is 0 Å². The van der Waals surface area contributed by atoms with E-state index < -0.39 is 5.82 Å². The van der Waals surface area contributed by atoms with E-state index in [1.807, 2.05) is 32.9 Å². The number of ether oxygens (including phenoxy) is 1. The van der Waals surface area contributed by atoms with Gasteiger partial charge in [0, 0.05) is 5.56 Å². The highest BCUT2D eigenvalue weighted by Gasteiger charge is 2.12. The summed E-state index contributed by atoms with van der Waals surface area (Å²) in [6.45, 7) is 5.88. The first-order chi connectivity index (χ1) is 9.40. The van der Waals surface area contributed by atoms with Gasteiger partial charge in [-0.3, -0.25) is 0 Å². The topological polar surface area (TPSA) is 35.2 Å². The maximum Gasteiger partial charge on any atom is 0.166 e. The van der Waals surface area contributed by atoms with E-state index in [0.717, 1.165) is 16.7 Å². The number of thiocarbonyl (C=S) groups is 1. The number of rotatable bonds is 3. The molecule has 0 bridgehead atoms. The molecule has 20 heavy (non-hydrogen) atoms. The van der Waals surface area contributed by atoms with Crippen LogP contribution >= 0.6 is 12.2 Å². The molecule has 2 nitrogen and oxygen atoms in total. The van der Waals surface area contributed by atoms with Gasteiger partial charge in [0.15, 0.2) is 11.6 Å². The summed E-state index contributed by atoms with van der Waals surface area (Å²) in [6, 6.07) is 8.47. The van der Waals surface area contributed by atoms with Gasteiger partial charge in [0.2, 0.25) is 0 Å². The van der Waals surface area contributed by atoms with Gasteiger partial charge in [-0.1, -0.05) is 24.4 Å². The van der Waals surface area contributed by atoms with E-state index in [0.29, 0.717) is 11.3 Å². The molecule has 0 saturated carbocycles. The third-order valence-electron chi connectivity index (χ3n) is 3.30. The van der Waals surface area contributed by atoms with Crippen LogP contribution in [0.1, 0.15) is 22.3 Å². The lowest BCUT2D eigenvalue weighted by atomic mass is 10.1. The minimum Gasteiger partial charge on any atom is -0.454 e. The second-order valence-electron chi connectivity index (χ2n) is 4.76. The van der Waals surface area contributed by atoms with Crippen LogP contribution in [-0.4, -0.2) is 4.99 Å². The molecule has 4 heteroatoms. The van der Waals surface area contributed by atoms with Crippen LogP contribution in [0.15, 0.2) is 30.3 Å². The van der Waals surface area contributed by atoms with E-state index >= 15 is 0 Å². The molecule has 0 spiro atoms. The largest absolute Gasteiger partial charge is 0.454 e. The van der Waals surface area contributed by atoms with Gasteiger partial charge in [-0.15, -0.1) is 0 Å². The molecule has 2 aromatic carbocycles. The first kappa shape index (κ1) is 14.5. The van der Waals surface area contributed by atoms with E-state index in [9.17, 15) is 4.39 Å². The number of benzene rings is 2. The van der Waals surface area contributed by atoms with Gasteiger partial charge in [0.1, 0.15) is 10.7 Å². The average Bonchev–Trinajstić information content (AvgIpc) is 2.40. The highest BCUT2D eigenvalue weighted by Crippen LogP contribution is 2.32. The van der Waals surface area contributed by atoms with Crippen LogP contribution in [0.3, 0.4) is 0 Å². The second-order valence-corrected chi connectivity index (χ2v) is 5.20. The molecule has 0 heterocycles. The molecule has 0 unspecified atom stereocenters. The summed E-state index contributed by atoms with van der Waals surface area (Å²) in [5.41, 5.74) is 9.03. The third-order valence-corrected chi connectivity index (χ3v) is 3.54. The highest BCUT2D eigenvalue weighted by molar-refractivity contribution is 7.80. The summed E-state index contributed by atoms with van der Waals surface area (Å²) in [5.74, 6) is 0.379. The summed E-state index contributed by atoms with van der Waals surface area (Å²) < 4.78 is 19.7. The Morgan fingerprint density at radius 3 is 2.35 bits per heavy atom. The Hall–Kier alpha value is -1.94. The van der Waals surface area contributed by atoms with E-state index in [-0.39, 0.29) is 10.7 Å². The van der Waals surface area contributed by atoms with Crippen LogP contribution in [0.2, 0.25) is 0 Å². The van der Waals surface area contributed by atoms with Crippen molar-refractivity contribution in [2.75, 3.05) is 0 Å². The zero-order valence-corrected chi connectivity index (χ0v) is 12.5. The third kappa shape index (κ3) is 2.80. The lowest BCUT2D eigenvalue weighted by molar-refractivity contribution is 0.436. The van der Waals surface area contributed by atoms with Crippen molar-refractivity contribution < 1.29 is 9.13 Å². The maximum absolute atomic E-state index is 14.0. The molecule has 104 valence electrons. The van der Waals surface area contributed by atoms with Gasteiger partial charge in [-0.25, -0.2) is 4.39 Å². The van der Waals surface area contributed by atoms with Crippen molar-refractivity contribution in [3.05, 3.63) is 58.4 Å². The lowest BCUT2D eigenvalue weighted by Crippen LogP contribution is -2.09. The number of aryl methyl sites for hydroxylation is 2. The van der Waals surface area contributed by atoms with E-state index in [1.54, 1.807) is 12.1 Å². The Kier molecular flexibility index (Phi) is 4.04. The van der Waals surface area contributed by atoms with Crippen LogP contribution in [0, 0.1) is 26.6 Å². The fourth-order valence-corrected chi connectivity index (χ4v) is 2.06. The molecule has 2 aromatic rings. The zero-order valence-electron chi connectivity index (χ0n) is 11.7. The highest BCUT2D eigenvalue weighted by atomic mass is 32.1. The minimum atomic E-state index is -0.476. The van der Waals surface area contributed by atoms with E-state index in [1.165, 1.54) is 6.07 Å². The van der Waals surface area contributed by atoms with Crippen molar-refractivity contribution in [3.8, 4) is 11.5 Å². The summed E-state index contributed by atoms with van der Waals surface area (Å²) in [5, 5.41) is 0. The van der Waals surface area contributed by atoms with Crippen molar-refractivity contribution in [2.45, 2.75) is 20.8 Å². The Morgan fingerprint density at radius 1 is 1.10 bits per heavy atom. The molecule has 0 fully saturated rings.